The Hall–Kier alpha value is -0.980. The topological polar surface area (TPSA) is 79.8 Å². The number of tetrazole rings is 1. The molecule has 0 aliphatic rings. The Morgan fingerprint density at radius 1 is 1.75 bits per heavy atom. The van der Waals surface area contributed by atoms with Crippen molar-refractivity contribution >= 4 is 12.6 Å². The minimum Gasteiger partial charge on any atom is -0.184 e. The van der Waals surface area contributed by atoms with Crippen molar-refractivity contribution in [1.82, 2.24) is 20.3 Å². The third-order valence-corrected chi connectivity index (χ3v) is 0.801. The molecule has 0 fully saturated rings. The van der Waals surface area contributed by atoms with Gasteiger partial charge in [0.05, 0.1) is 0 Å². The molecule has 1 aromatic rings. The minimum absolute atomic E-state index is 0.208. The lowest BCUT2D eigenvalue weighted by Gasteiger charge is -1.80. The predicted molar refractivity (Wildman–Crippen MR) is 25.6 cm³/mol. The second-order valence-corrected chi connectivity index (χ2v) is 1.37. The zero-order valence-electron chi connectivity index (χ0n) is 3.68. The van der Waals surface area contributed by atoms with Gasteiger partial charge in [-0.3, -0.25) is 0 Å². The zero-order valence-corrected chi connectivity index (χ0v) is 4.58. The van der Waals surface area contributed by atoms with E-state index in [9.17, 15) is 0 Å². The van der Waals surface area contributed by atoms with E-state index in [-0.39, 0.29) is 5.16 Å². The fourth-order valence-electron chi connectivity index (χ4n) is 0.243. The van der Waals surface area contributed by atoms with Crippen molar-refractivity contribution in [3.8, 4) is 0 Å². The maximum atomic E-state index is 6.40. The third-order valence-electron chi connectivity index (χ3n) is 0.532. The van der Waals surface area contributed by atoms with Gasteiger partial charge in [0.2, 0.25) is 5.16 Å². The number of hydrogen-bond donors (Lipinski definition) is 2. The van der Waals surface area contributed by atoms with Crippen LogP contribution in [-0.4, -0.2) is 20.3 Å². The SMILES string of the molecule is N=Nn1nnnc1S. The molecular weight excluding hydrogens is 128 g/mol. The first-order valence-corrected chi connectivity index (χ1v) is 2.14. The van der Waals surface area contributed by atoms with Gasteiger partial charge in [-0.15, -0.1) is 0 Å². The van der Waals surface area contributed by atoms with Gasteiger partial charge in [-0.2, -0.15) is 5.53 Å². The zero-order chi connectivity index (χ0) is 5.98. The van der Waals surface area contributed by atoms with Crippen LogP contribution in [0, 0.1) is 5.53 Å². The summed E-state index contributed by atoms with van der Waals surface area (Å²) in [6, 6.07) is 0. The summed E-state index contributed by atoms with van der Waals surface area (Å²) in [4.78, 5) is 0.892. The van der Waals surface area contributed by atoms with Gasteiger partial charge in [0.25, 0.3) is 0 Å². The summed E-state index contributed by atoms with van der Waals surface area (Å²) in [7, 11) is 0. The molecule has 0 aromatic carbocycles. The van der Waals surface area contributed by atoms with E-state index in [4.69, 9.17) is 5.53 Å². The van der Waals surface area contributed by atoms with Gasteiger partial charge in [0.1, 0.15) is 0 Å². The molecule has 8 heavy (non-hydrogen) atoms. The van der Waals surface area contributed by atoms with E-state index in [1.807, 2.05) is 0 Å². The standard InChI is InChI=1S/CH2N6S/c2-4-7-1(8)3-5-6-7/h2H,(H,3,6,8). The molecule has 0 amide bonds. The second-order valence-electron chi connectivity index (χ2n) is 0.968. The lowest BCUT2D eigenvalue weighted by Crippen LogP contribution is -1.88. The molecule has 42 valence electrons. The molecule has 0 saturated heterocycles. The maximum Gasteiger partial charge on any atom is 0.232 e. The van der Waals surface area contributed by atoms with Crippen LogP contribution >= 0.6 is 12.6 Å². The molecule has 0 bridgehead atoms. The monoisotopic (exact) mass is 130 g/mol. The van der Waals surface area contributed by atoms with E-state index in [1.165, 1.54) is 0 Å². The van der Waals surface area contributed by atoms with Gasteiger partial charge in [-0.05, 0) is 15.7 Å². The summed E-state index contributed by atoms with van der Waals surface area (Å²) in [5.74, 6) is 0. The summed E-state index contributed by atoms with van der Waals surface area (Å²) in [6.07, 6.45) is 0. The number of rotatable bonds is 1. The highest BCUT2D eigenvalue weighted by Crippen LogP contribution is 1.93. The molecule has 0 radical (unpaired) electrons. The van der Waals surface area contributed by atoms with Crippen LogP contribution in [0.1, 0.15) is 0 Å². The van der Waals surface area contributed by atoms with Gasteiger partial charge in [0, 0.05) is 0 Å². The van der Waals surface area contributed by atoms with Gasteiger partial charge in [-0.25, -0.2) is 0 Å². The summed E-state index contributed by atoms with van der Waals surface area (Å²) in [6.45, 7) is 0. The average Bonchev–Trinajstić information content (AvgIpc) is 2.14. The molecule has 0 saturated carbocycles. The van der Waals surface area contributed by atoms with Crippen molar-refractivity contribution < 1.29 is 0 Å². The molecular formula is CH2N6S. The van der Waals surface area contributed by atoms with E-state index < -0.39 is 0 Å². The molecule has 0 spiro atoms. The fraction of sp³-hybridized carbons (Fsp3) is 0. The van der Waals surface area contributed by atoms with Gasteiger partial charge >= 0.3 is 0 Å². The number of nitrogens with zero attached hydrogens (tertiary/aromatic N) is 5. The Kier molecular flexibility index (Phi) is 1.20. The summed E-state index contributed by atoms with van der Waals surface area (Å²) in [5, 5.41) is 12.9. The van der Waals surface area contributed by atoms with Crippen LogP contribution in [0.4, 0.5) is 0 Å². The molecule has 6 nitrogen and oxygen atoms in total. The van der Waals surface area contributed by atoms with Gasteiger partial charge in [-0.1, -0.05) is 22.5 Å². The highest BCUT2D eigenvalue weighted by molar-refractivity contribution is 7.80. The van der Waals surface area contributed by atoms with E-state index in [2.05, 4.69) is 33.4 Å². The van der Waals surface area contributed by atoms with Crippen LogP contribution in [0.25, 0.3) is 0 Å². The van der Waals surface area contributed by atoms with Crippen LogP contribution in [0.15, 0.2) is 10.4 Å². The van der Waals surface area contributed by atoms with Crippen LogP contribution in [0.3, 0.4) is 0 Å². The van der Waals surface area contributed by atoms with Crippen molar-refractivity contribution in [3.05, 3.63) is 0 Å². The number of aromatic nitrogens is 4. The van der Waals surface area contributed by atoms with Crippen LogP contribution in [-0.2, 0) is 0 Å². The van der Waals surface area contributed by atoms with Crippen molar-refractivity contribution in [2.45, 2.75) is 5.16 Å². The molecule has 1 aromatic heterocycles. The largest absolute Gasteiger partial charge is 0.232 e. The van der Waals surface area contributed by atoms with Crippen molar-refractivity contribution in [3.63, 3.8) is 0 Å². The quantitative estimate of drug-likeness (QED) is 0.406. The molecule has 0 unspecified atom stereocenters. The summed E-state index contributed by atoms with van der Waals surface area (Å²) < 4.78 is 0. The normalized spacial score (nSPS) is 9.12. The predicted octanol–water partition coefficient (Wildman–Crippen LogP) is -0.244. The van der Waals surface area contributed by atoms with Gasteiger partial charge < -0.3 is 0 Å². The second kappa shape index (κ2) is 1.86. The highest BCUT2D eigenvalue weighted by atomic mass is 32.1. The molecule has 1 N–H and O–H groups in total. The number of thiol groups is 1. The average molecular weight is 130 g/mol. The van der Waals surface area contributed by atoms with Crippen LogP contribution in [0.5, 0.6) is 0 Å². The summed E-state index contributed by atoms with van der Waals surface area (Å²) >= 11 is 3.74. The van der Waals surface area contributed by atoms with E-state index in [0.717, 1.165) is 4.79 Å². The highest BCUT2D eigenvalue weighted by Gasteiger charge is 1.94. The Bertz CT molecular complexity index is 190. The lowest BCUT2D eigenvalue weighted by molar-refractivity contribution is 0.590. The molecule has 0 atom stereocenters. The summed E-state index contributed by atoms with van der Waals surface area (Å²) in [5.41, 5.74) is 6.40. The van der Waals surface area contributed by atoms with E-state index in [0.29, 0.717) is 0 Å². The smallest absolute Gasteiger partial charge is 0.184 e. The molecule has 0 aliphatic heterocycles. The molecule has 0 aliphatic carbocycles. The maximum absolute atomic E-state index is 6.40. The first-order valence-electron chi connectivity index (χ1n) is 1.69. The first kappa shape index (κ1) is 5.16. The lowest BCUT2D eigenvalue weighted by atomic mass is 11.4. The van der Waals surface area contributed by atoms with Gasteiger partial charge in [0.15, 0.2) is 0 Å². The molecule has 7 heteroatoms. The number of hydrogen-bond acceptors (Lipinski definition) is 6. The minimum atomic E-state index is 0.208. The molecule has 1 heterocycles. The first-order chi connectivity index (χ1) is 3.84. The van der Waals surface area contributed by atoms with Crippen molar-refractivity contribution in [1.29, 1.82) is 5.53 Å². The van der Waals surface area contributed by atoms with E-state index in [1.54, 1.807) is 0 Å². The number of nitrogens with one attached hydrogen (secondary N) is 1. The Balaban J connectivity index is 3.09. The Morgan fingerprint density at radius 2 is 2.50 bits per heavy atom. The Labute approximate surface area is 49.8 Å². The third kappa shape index (κ3) is 0.668. The fourth-order valence-corrected chi connectivity index (χ4v) is 0.367. The van der Waals surface area contributed by atoms with E-state index >= 15 is 0 Å². The van der Waals surface area contributed by atoms with Crippen molar-refractivity contribution in [2.75, 3.05) is 0 Å². The van der Waals surface area contributed by atoms with Crippen LogP contribution < -0.4 is 0 Å². The van der Waals surface area contributed by atoms with Crippen molar-refractivity contribution in [2.24, 2.45) is 5.22 Å². The molecule has 1 rings (SSSR count). The Morgan fingerprint density at radius 3 is 2.75 bits per heavy atom. The van der Waals surface area contributed by atoms with Crippen LogP contribution in [0.2, 0.25) is 0 Å².